The Morgan fingerprint density at radius 3 is 1.96 bits per heavy atom. The molecular weight excluding hydrogens is 314 g/mol. The summed E-state index contributed by atoms with van der Waals surface area (Å²) in [7, 11) is 0. The van der Waals surface area contributed by atoms with Gasteiger partial charge in [-0.25, -0.2) is 0 Å². The van der Waals surface area contributed by atoms with Crippen LogP contribution >= 0.6 is 0 Å². The normalized spacial score (nSPS) is 44.3. The quantitative estimate of drug-likeness (QED) is 0.783. The zero-order valence-electron chi connectivity index (χ0n) is 15.4. The zero-order chi connectivity index (χ0) is 17.8. The van der Waals surface area contributed by atoms with Crippen LogP contribution in [0.25, 0.3) is 0 Å². The Bertz CT molecular complexity index is 775. The molecule has 4 bridgehead atoms. The first-order valence-corrected chi connectivity index (χ1v) is 9.22. The maximum atomic E-state index is 13.8. The van der Waals surface area contributed by atoms with Gasteiger partial charge in [-0.05, 0) is 19.9 Å². The molecule has 0 saturated carbocycles. The number of amides is 1. The Morgan fingerprint density at radius 1 is 0.920 bits per heavy atom. The van der Waals surface area contributed by atoms with Crippen LogP contribution in [0.1, 0.15) is 33.3 Å². The highest BCUT2D eigenvalue weighted by Crippen LogP contribution is 2.58. The molecule has 25 heavy (non-hydrogen) atoms. The number of para-hydroxylation sites is 1. The minimum absolute atomic E-state index is 0.111. The first kappa shape index (κ1) is 15.5. The first-order chi connectivity index (χ1) is 11.7. The van der Waals surface area contributed by atoms with E-state index in [1.54, 1.807) is 0 Å². The average Bonchev–Trinajstić information content (AvgIpc) is 2.78. The summed E-state index contributed by atoms with van der Waals surface area (Å²) in [5, 5.41) is 0. The molecule has 5 nitrogen and oxygen atoms in total. The fraction of sp³-hybridized carbons (Fsp3) is 0.600. The molecule has 1 aromatic rings. The predicted molar refractivity (Wildman–Crippen MR) is 95.1 cm³/mol. The van der Waals surface area contributed by atoms with Gasteiger partial charge in [0.15, 0.2) is 5.66 Å². The smallest absolute Gasteiger partial charge is 0.267 e. The summed E-state index contributed by atoms with van der Waals surface area (Å²) < 4.78 is 0. The number of Topliss-reactive ketones (excluding diaryl/α,β-unsaturated/α-hetero) is 1. The number of anilines is 1. The predicted octanol–water partition coefficient (Wildman–Crippen LogP) is 1.82. The lowest BCUT2D eigenvalue weighted by Gasteiger charge is -2.68. The van der Waals surface area contributed by atoms with Crippen LogP contribution < -0.4 is 4.90 Å². The third kappa shape index (κ3) is 1.53. The number of carbonyl (C=O) groups excluding carboxylic acids is 2. The zero-order valence-corrected chi connectivity index (χ0v) is 15.4. The van der Waals surface area contributed by atoms with Gasteiger partial charge in [0.05, 0.1) is 16.5 Å². The molecule has 1 spiro atoms. The second-order valence-electron chi connectivity index (χ2n) is 9.12. The largest absolute Gasteiger partial charge is 0.306 e. The number of hydrogen-bond acceptors (Lipinski definition) is 4. The van der Waals surface area contributed by atoms with Crippen molar-refractivity contribution in [2.45, 2.75) is 39.4 Å². The number of nitrogens with zero attached hydrogens (tertiary/aromatic N) is 3. The fourth-order valence-corrected chi connectivity index (χ4v) is 6.07. The lowest BCUT2D eigenvalue weighted by atomic mass is 9.60. The van der Waals surface area contributed by atoms with E-state index in [1.165, 1.54) is 0 Å². The summed E-state index contributed by atoms with van der Waals surface area (Å²) in [6.45, 7) is 11.0. The number of benzene rings is 1. The van der Waals surface area contributed by atoms with Crippen molar-refractivity contribution in [2.75, 3.05) is 31.1 Å². The van der Waals surface area contributed by atoms with Crippen LogP contribution in [0, 0.1) is 10.8 Å². The van der Waals surface area contributed by atoms with Crippen molar-refractivity contribution in [3.8, 4) is 0 Å². The Labute approximate surface area is 148 Å². The molecule has 0 aliphatic carbocycles. The van der Waals surface area contributed by atoms with E-state index in [2.05, 4.69) is 49.6 Å². The molecule has 0 unspecified atom stereocenters. The highest BCUT2D eigenvalue weighted by Gasteiger charge is 2.72. The number of hydrogen-bond donors (Lipinski definition) is 0. The summed E-state index contributed by atoms with van der Waals surface area (Å²) in [6.07, 6.45) is 0. The molecule has 1 aromatic carbocycles. The average molecular weight is 339 g/mol. The lowest BCUT2D eigenvalue weighted by Crippen LogP contribution is -2.83. The lowest BCUT2D eigenvalue weighted by molar-refractivity contribution is -0.228. The van der Waals surface area contributed by atoms with E-state index in [0.717, 1.165) is 11.3 Å². The molecule has 0 N–H and O–H groups in total. The highest BCUT2D eigenvalue weighted by molar-refractivity contribution is 6.09. The van der Waals surface area contributed by atoms with Crippen LogP contribution in [0.4, 0.5) is 5.69 Å². The standard InChI is InChI=1S/C20H25N3O2/c1-13(2)23-15-8-6-5-7-14(15)20(17(23)25)21-9-18(3)10-22(20)12-19(4,11-21)16(18)24/h5-8,13H,9-12H2,1-4H3. The van der Waals surface area contributed by atoms with E-state index in [1.807, 2.05) is 17.0 Å². The molecule has 5 heterocycles. The SMILES string of the molecule is CC(C)N1C(=O)C2(c3ccccc31)N1CC3(C)CN2CC(C)(C1)C3=O. The van der Waals surface area contributed by atoms with Crippen molar-refractivity contribution in [1.82, 2.24) is 9.80 Å². The summed E-state index contributed by atoms with van der Waals surface area (Å²) >= 11 is 0. The molecule has 4 saturated heterocycles. The van der Waals surface area contributed by atoms with Crippen LogP contribution in [-0.2, 0) is 15.3 Å². The van der Waals surface area contributed by atoms with E-state index in [0.29, 0.717) is 32.0 Å². The molecule has 132 valence electrons. The molecule has 0 aromatic heterocycles. The summed E-state index contributed by atoms with van der Waals surface area (Å²) in [6, 6.07) is 8.31. The van der Waals surface area contributed by atoms with Gasteiger partial charge in [-0.15, -0.1) is 0 Å². The topological polar surface area (TPSA) is 43.9 Å². The minimum Gasteiger partial charge on any atom is -0.306 e. The van der Waals surface area contributed by atoms with E-state index >= 15 is 0 Å². The molecule has 0 atom stereocenters. The molecule has 5 aliphatic heterocycles. The maximum Gasteiger partial charge on any atom is 0.267 e. The van der Waals surface area contributed by atoms with Gasteiger partial charge in [-0.1, -0.05) is 32.0 Å². The molecule has 6 rings (SSSR count). The van der Waals surface area contributed by atoms with Gasteiger partial charge in [0, 0.05) is 37.8 Å². The van der Waals surface area contributed by atoms with E-state index in [-0.39, 0.29) is 22.8 Å². The van der Waals surface area contributed by atoms with Gasteiger partial charge in [0.1, 0.15) is 5.78 Å². The van der Waals surface area contributed by atoms with E-state index in [9.17, 15) is 9.59 Å². The molecule has 1 amide bonds. The van der Waals surface area contributed by atoms with Gasteiger partial charge >= 0.3 is 0 Å². The van der Waals surface area contributed by atoms with Crippen molar-refractivity contribution >= 4 is 17.4 Å². The van der Waals surface area contributed by atoms with Gasteiger partial charge in [-0.2, -0.15) is 0 Å². The maximum absolute atomic E-state index is 13.8. The van der Waals surface area contributed by atoms with Gasteiger partial charge in [0.25, 0.3) is 5.91 Å². The van der Waals surface area contributed by atoms with Crippen LogP contribution in [0.3, 0.4) is 0 Å². The van der Waals surface area contributed by atoms with E-state index in [4.69, 9.17) is 0 Å². The Kier molecular flexibility index (Phi) is 2.69. The molecule has 5 heteroatoms. The molecular formula is C20H25N3O2. The van der Waals surface area contributed by atoms with Crippen molar-refractivity contribution in [1.29, 1.82) is 0 Å². The second kappa shape index (κ2) is 4.33. The van der Waals surface area contributed by atoms with Crippen molar-refractivity contribution < 1.29 is 9.59 Å². The summed E-state index contributed by atoms with van der Waals surface area (Å²) in [4.78, 5) is 33.3. The number of carbonyl (C=O) groups is 2. The number of fused-ring (bicyclic) bond motifs is 1. The molecule has 0 radical (unpaired) electrons. The fourth-order valence-electron chi connectivity index (χ4n) is 6.07. The van der Waals surface area contributed by atoms with Crippen molar-refractivity contribution in [3.63, 3.8) is 0 Å². The highest BCUT2D eigenvalue weighted by atomic mass is 16.2. The number of ketones is 1. The first-order valence-electron chi connectivity index (χ1n) is 9.22. The third-order valence-electron chi connectivity index (χ3n) is 6.74. The Hall–Kier alpha value is -1.72. The van der Waals surface area contributed by atoms with Crippen LogP contribution in [-0.4, -0.2) is 53.7 Å². The van der Waals surface area contributed by atoms with Crippen molar-refractivity contribution in [3.05, 3.63) is 29.8 Å². The van der Waals surface area contributed by atoms with Crippen LogP contribution in [0.5, 0.6) is 0 Å². The monoisotopic (exact) mass is 339 g/mol. The van der Waals surface area contributed by atoms with Gasteiger partial charge < -0.3 is 4.90 Å². The summed E-state index contributed by atoms with van der Waals surface area (Å²) in [5.41, 5.74) is 0.665. The third-order valence-corrected chi connectivity index (χ3v) is 6.74. The Balaban J connectivity index is 1.74. The molecule has 4 fully saturated rings. The van der Waals surface area contributed by atoms with E-state index < -0.39 is 5.66 Å². The Morgan fingerprint density at radius 2 is 1.44 bits per heavy atom. The number of piperidine rings is 2. The van der Waals surface area contributed by atoms with Crippen LogP contribution in [0.2, 0.25) is 0 Å². The summed E-state index contributed by atoms with van der Waals surface area (Å²) in [5.74, 6) is 0.531. The molecule has 5 aliphatic rings. The van der Waals surface area contributed by atoms with Gasteiger partial charge in [-0.3, -0.25) is 19.4 Å². The van der Waals surface area contributed by atoms with Crippen LogP contribution in [0.15, 0.2) is 24.3 Å². The second-order valence-corrected chi connectivity index (χ2v) is 9.12. The minimum atomic E-state index is -0.722. The van der Waals surface area contributed by atoms with Gasteiger partial charge in [0.2, 0.25) is 0 Å². The van der Waals surface area contributed by atoms with Crippen molar-refractivity contribution in [2.24, 2.45) is 10.8 Å². The number of rotatable bonds is 1.